The van der Waals surface area contributed by atoms with Gasteiger partial charge in [0, 0.05) is 0 Å². The van der Waals surface area contributed by atoms with Crippen molar-refractivity contribution in [3.05, 3.63) is 62.5 Å². The third kappa shape index (κ3) is 2.14. The molecule has 0 saturated heterocycles. The van der Waals surface area contributed by atoms with Gasteiger partial charge in [0.05, 0.1) is 0 Å². The first-order valence-corrected chi connectivity index (χ1v) is 10.1. The molecular weight excluding hydrogens is 383 g/mol. The summed E-state index contributed by atoms with van der Waals surface area (Å²) in [6.07, 6.45) is 11.7. The van der Waals surface area contributed by atoms with Crippen molar-refractivity contribution in [3.63, 3.8) is 0 Å². The number of benzene rings is 1. The number of aryl methyl sites for hydroxylation is 1. The molecular formula is C17H18Hf. The fourth-order valence-corrected chi connectivity index (χ4v) is 8.46. The summed E-state index contributed by atoms with van der Waals surface area (Å²) in [5.74, 6) is 0.656. The predicted octanol–water partition coefficient (Wildman–Crippen LogP) is 4.84. The summed E-state index contributed by atoms with van der Waals surface area (Å²) in [6, 6.07) is 6.91. The van der Waals surface area contributed by atoms with Gasteiger partial charge in [0.25, 0.3) is 0 Å². The SMILES string of the molecule is Cc1ccc2c(c1)C=[C]([Hf][C]1(C)C=CC=C1)C2C. The third-order valence-electron chi connectivity index (χ3n) is 3.90. The van der Waals surface area contributed by atoms with Gasteiger partial charge in [0.15, 0.2) is 0 Å². The van der Waals surface area contributed by atoms with Crippen LogP contribution in [0.25, 0.3) is 6.08 Å². The van der Waals surface area contributed by atoms with Crippen molar-refractivity contribution < 1.29 is 22.9 Å². The average molecular weight is 401 g/mol. The summed E-state index contributed by atoms with van der Waals surface area (Å²) < 4.78 is 2.17. The standard InChI is InChI=1S/C11H11.C6H7.Hf/c1-8-3-6-11-9(2)4-5-10(11)7-8;1-6-4-2-3-5-6;/h3,5-7,9H,1-2H3;2-5H,1H3;. The van der Waals surface area contributed by atoms with Crippen LogP contribution in [0.15, 0.2) is 45.8 Å². The normalized spacial score (nSPS) is 23.1. The zero-order chi connectivity index (χ0) is 12.8. The Morgan fingerprint density at radius 3 is 2.61 bits per heavy atom. The van der Waals surface area contributed by atoms with Crippen LogP contribution in [0.1, 0.15) is 36.5 Å². The summed E-state index contributed by atoms with van der Waals surface area (Å²) in [5, 5.41) is 0. The van der Waals surface area contributed by atoms with Gasteiger partial charge < -0.3 is 0 Å². The summed E-state index contributed by atoms with van der Waals surface area (Å²) in [5.41, 5.74) is 4.39. The second-order valence-corrected chi connectivity index (χ2v) is 12.4. The van der Waals surface area contributed by atoms with Crippen LogP contribution in [0.3, 0.4) is 0 Å². The van der Waals surface area contributed by atoms with Gasteiger partial charge in [-0.25, -0.2) is 0 Å². The molecule has 0 aromatic heterocycles. The molecule has 1 aromatic rings. The first kappa shape index (κ1) is 12.3. The Bertz CT molecular complexity index is 563. The quantitative estimate of drug-likeness (QED) is 0.623. The Morgan fingerprint density at radius 2 is 1.89 bits per heavy atom. The van der Waals surface area contributed by atoms with Gasteiger partial charge in [-0.15, -0.1) is 0 Å². The van der Waals surface area contributed by atoms with Crippen molar-refractivity contribution in [1.82, 2.24) is 0 Å². The molecule has 0 spiro atoms. The third-order valence-corrected chi connectivity index (χ3v) is 10.1. The maximum atomic E-state index is 2.49. The minimum absolute atomic E-state index is 0.414. The van der Waals surface area contributed by atoms with E-state index in [0.717, 1.165) is 0 Å². The predicted molar refractivity (Wildman–Crippen MR) is 74.2 cm³/mol. The van der Waals surface area contributed by atoms with Crippen molar-refractivity contribution in [2.45, 2.75) is 29.9 Å². The number of hydrogen-bond donors (Lipinski definition) is 0. The molecule has 90 valence electrons. The van der Waals surface area contributed by atoms with E-state index >= 15 is 0 Å². The minimum atomic E-state index is -0.829. The van der Waals surface area contributed by atoms with Crippen LogP contribution in [-0.4, -0.2) is 0 Å². The Hall–Kier alpha value is -0.690. The molecule has 1 atom stereocenters. The number of allylic oxidation sites excluding steroid dienone is 5. The van der Waals surface area contributed by atoms with E-state index in [1.54, 1.807) is 3.33 Å². The molecule has 18 heavy (non-hydrogen) atoms. The van der Waals surface area contributed by atoms with Crippen LogP contribution in [0, 0.1) is 6.92 Å². The van der Waals surface area contributed by atoms with E-state index in [2.05, 4.69) is 69.4 Å². The number of hydrogen-bond acceptors (Lipinski definition) is 0. The molecule has 0 fully saturated rings. The van der Waals surface area contributed by atoms with Gasteiger partial charge in [-0.05, 0) is 0 Å². The Kier molecular flexibility index (Phi) is 3.05. The van der Waals surface area contributed by atoms with E-state index in [1.165, 1.54) is 16.7 Å². The van der Waals surface area contributed by atoms with E-state index in [0.29, 0.717) is 9.09 Å². The van der Waals surface area contributed by atoms with Crippen molar-refractivity contribution in [3.8, 4) is 0 Å². The van der Waals surface area contributed by atoms with Crippen LogP contribution < -0.4 is 0 Å². The molecule has 2 aliphatic carbocycles. The Balaban J connectivity index is 1.90. The first-order valence-electron chi connectivity index (χ1n) is 6.55. The first-order chi connectivity index (χ1) is 8.57. The van der Waals surface area contributed by atoms with Crippen LogP contribution >= 0.6 is 0 Å². The molecule has 0 aliphatic heterocycles. The van der Waals surface area contributed by atoms with E-state index in [4.69, 9.17) is 0 Å². The number of fused-ring (bicyclic) bond motifs is 1. The fourth-order valence-electron chi connectivity index (χ4n) is 2.78. The zero-order valence-corrected chi connectivity index (χ0v) is 14.8. The molecule has 0 N–H and O–H groups in total. The molecule has 0 heterocycles. The monoisotopic (exact) mass is 402 g/mol. The molecule has 1 unspecified atom stereocenters. The maximum absolute atomic E-state index is 2.49. The summed E-state index contributed by atoms with van der Waals surface area (Å²) in [6.45, 7) is 6.96. The fraction of sp³-hybridized carbons (Fsp3) is 0.294. The number of rotatable bonds is 2. The summed E-state index contributed by atoms with van der Waals surface area (Å²) in [7, 11) is 0. The van der Waals surface area contributed by atoms with Gasteiger partial charge in [-0.1, -0.05) is 0 Å². The average Bonchev–Trinajstić information content (AvgIpc) is 2.85. The topological polar surface area (TPSA) is 0 Å². The van der Waals surface area contributed by atoms with Gasteiger partial charge in [0.2, 0.25) is 0 Å². The molecule has 1 aromatic carbocycles. The van der Waals surface area contributed by atoms with Crippen molar-refractivity contribution >= 4 is 6.08 Å². The van der Waals surface area contributed by atoms with Crippen molar-refractivity contribution in [1.29, 1.82) is 0 Å². The van der Waals surface area contributed by atoms with E-state index in [1.807, 2.05) is 0 Å². The van der Waals surface area contributed by atoms with Gasteiger partial charge >= 0.3 is 121 Å². The van der Waals surface area contributed by atoms with E-state index < -0.39 is 22.9 Å². The molecule has 0 nitrogen and oxygen atoms in total. The van der Waals surface area contributed by atoms with Crippen molar-refractivity contribution in [2.75, 3.05) is 0 Å². The van der Waals surface area contributed by atoms with Gasteiger partial charge in [0.1, 0.15) is 0 Å². The zero-order valence-electron chi connectivity index (χ0n) is 11.2. The van der Waals surface area contributed by atoms with Gasteiger partial charge in [-0.3, -0.25) is 0 Å². The Morgan fingerprint density at radius 1 is 1.17 bits per heavy atom. The second kappa shape index (κ2) is 4.45. The Labute approximate surface area is 121 Å². The van der Waals surface area contributed by atoms with E-state index in [-0.39, 0.29) is 0 Å². The van der Waals surface area contributed by atoms with E-state index in [9.17, 15) is 0 Å². The molecule has 2 aliphatic rings. The molecule has 0 saturated carbocycles. The molecule has 3 rings (SSSR count). The van der Waals surface area contributed by atoms with Gasteiger partial charge in [-0.2, -0.15) is 0 Å². The van der Waals surface area contributed by atoms with Crippen LogP contribution in [0.4, 0.5) is 0 Å². The molecule has 1 heteroatoms. The van der Waals surface area contributed by atoms with Crippen LogP contribution in [0.2, 0.25) is 3.17 Å². The molecule has 0 amide bonds. The van der Waals surface area contributed by atoms with Crippen molar-refractivity contribution in [2.24, 2.45) is 0 Å². The summed E-state index contributed by atoms with van der Waals surface area (Å²) >= 11 is -0.829. The molecule has 0 radical (unpaired) electrons. The van der Waals surface area contributed by atoms with Crippen LogP contribution in [0.5, 0.6) is 0 Å². The second-order valence-electron chi connectivity index (χ2n) is 5.58. The summed E-state index contributed by atoms with van der Waals surface area (Å²) in [4.78, 5) is 0. The van der Waals surface area contributed by atoms with Crippen LogP contribution in [-0.2, 0) is 22.9 Å². The molecule has 0 bridgehead atoms.